The number of hydrogen-bond acceptors (Lipinski definition) is 4. The summed E-state index contributed by atoms with van der Waals surface area (Å²) in [5.41, 5.74) is 4.79. The third-order valence-corrected chi connectivity index (χ3v) is 2.64. The van der Waals surface area contributed by atoms with E-state index >= 15 is 0 Å². The number of nitrogens with one attached hydrogen (secondary N) is 1. The minimum absolute atomic E-state index is 0.106. The van der Waals surface area contributed by atoms with Crippen LogP contribution in [0.4, 0.5) is 0 Å². The quantitative estimate of drug-likeness (QED) is 0.407. The van der Waals surface area contributed by atoms with Gasteiger partial charge in [-0.2, -0.15) is 0 Å². The summed E-state index contributed by atoms with van der Waals surface area (Å²) in [6, 6.07) is -0.641. The lowest BCUT2D eigenvalue weighted by atomic mass is 9.85. The Morgan fingerprint density at radius 2 is 2.00 bits per heavy atom. The van der Waals surface area contributed by atoms with Crippen LogP contribution < -0.4 is 11.1 Å². The molecule has 0 unspecified atom stereocenters. The van der Waals surface area contributed by atoms with Gasteiger partial charge in [0.15, 0.2) is 0 Å². The van der Waals surface area contributed by atoms with Crippen LogP contribution in [0.2, 0.25) is 0 Å². The molecule has 0 radical (unpaired) electrons. The third-order valence-electron chi connectivity index (χ3n) is 2.64. The molecule has 0 rings (SSSR count). The third kappa shape index (κ3) is 7.01. The maximum atomic E-state index is 11.8. The zero-order valence-corrected chi connectivity index (χ0v) is 10.9. The molecule has 0 spiro atoms. The summed E-state index contributed by atoms with van der Waals surface area (Å²) < 4.78 is 0. The maximum Gasteiger partial charge on any atom is 0.303 e. The number of carbonyl (C=O) groups excluding carboxylic acids is 2. The molecule has 0 bridgehead atoms. The lowest BCUT2D eigenvalue weighted by Gasteiger charge is -2.24. The van der Waals surface area contributed by atoms with E-state index in [0.29, 0.717) is 25.7 Å². The second-order valence-electron chi connectivity index (χ2n) is 4.99. The Hall–Kier alpha value is -1.43. The van der Waals surface area contributed by atoms with Crippen molar-refractivity contribution in [3.63, 3.8) is 0 Å². The molecule has 4 N–H and O–H groups in total. The summed E-state index contributed by atoms with van der Waals surface area (Å²) in [5, 5.41) is 11.2. The molecule has 1 amide bonds. The van der Waals surface area contributed by atoms with Crippen LogP contribution in [0.1, 0.15) is 39.5 Å². The molecule has 0 aromatic rings. The van der Waals surface area contributed by atoms with Gasteiger partial charge in [0.05, 0.1) is 6.04 Å². The van der Waals surface area contributed by atoms with E-state index in [0.717, 1.165) is 0 Å². The van der Waals surface area contributed by atoms with E-state index in [2.05, 4.69) is 5.32 Å². The molecule has 104 valence electrons. The van der Waals surface area contributed by atoms with Crippen molar-refractivity contribution >= 4 is 18.2 Å². The first kappa shape index (κ1) is 16.6. The van der Waals surface area contributed by atoms with Gasteiger partial charge in [-0.05, 0) is 19.3 Å². The molecule has 0 aliphatic heterocycles. The van der Waals surface area contributed by atoms with Crippen LogP contribution >= 0.6 is 0 Å². The molecule has 18 heavy (non-hydrogen) atoms. The smallest absolute Gasteiger partial charge is 0.303 e. The van der Waals surface area contributed by atoms with Crippen LogP contribution in [-0.4, -0.2) is 35.9 Å². The van der Waals surface area contributed by atoms with E-state index in [1.807, 2.05) is 0 Å². The molecular weight excluding hydrogens is 236 g/mol. The first-order valence-electron chi connectivity index (χ1n) is 6.00. The average Bonchev–Trinajstić information content (AvgIpc) is 2.27. The Morgan fingerprint density at radius 1 is 1.39 bits per heavy atom. The summed E-state index contributed by atoms with van der Waals surface area (Å²) in [6.07, 6.45) is 2.17. The Morgan fingerprint density at radius 3 is 2.50 bits per heavy atom. The molecule has 0 aromatic heterocycles. The molecule has 0 saturated heterocycles. The van der Waals surface area contributed by atoms with E-state index in [-0.39, 0.29) is 18.7 Å². The average molecular weight is 258 g/mol. The van der Waals surface area contributed by atoms with Gasteiger partial charge in [-0.15, -0.1) is 0 Å². The first-order chi connectivity index (χ1) is 8.29. The van der Waals surface area contributed by atoms with E-state index in [1.165, 1.54) is 0 Å². The van der Waals surface area contributed by atoms with Crippen LogP contribution in [0.5, 0.6) is 0 Å². The zero-order chi connectivity index (χ0) is 14.2. The van der Waals surface area contributed by atoms with Crippen LogP contribution in [0.15, 0.2) is 0 Å². The summed E-state index contributed by atoms with van der Waals surface area (Å²) in [7, 11) is 0. The lowest BCUT2D eigenvalue weighted by molar-refractivity contribution is -0.137. The van der Waals surface area contributed by atoms with Crippen molar-refractivity contribution in [1.82, 2.24) is 5.32 Å². The fourth-order valence-electron chi connectivity index (χ4n) is 1.57. The van der Waals surface area contributed by atoms with Crippen LogP contribution in [0.3, 0.4) is 0 Å². The second kappa shape index (κ2) is 7.81. The highest BCUT2D eigenvalue weighted by atomic mass is 16.4. The zero-order valence-electron chi connectivity index (χ0n) is 10.9. The molecule has 0 aromatic carbocycles. The Balaban J connectivity index is 3.92. The van der Waals surface area contributed by atoms with Gasteiger partial charge < -0.3 is 21.0 Å². The van der Waals surface area contributed by atoms with Gasteiger partial charge in [0.1, 0.15) is 6.29 Å². The number of rotatable bonds is 9. The fraction of sp³-hybridized carbons (Fsp3) is 0.750. The predicted octanol–water partition coefficient (Wildman–Crippen LogP) is 0.300. The molecular formula is C12H22N2O4. The van der Waals surface area contributed by atoms with Gasteiger partial charge in [0, 0.05) is 18.4 Å². The van der Waals surface area contributed by atoms with Crippen molar-refractivity contribution in [2.45, 2.75) is 45.6 Å². The van der Waals surface area contributed by atoms with Gasteiger partial charge in [-0.3, -0.25) is 9.59 Å². The van der Waals surface area contributed by atoms with Crippen molar-refractivity contribution in [1.29, 1.82) is 0 Å². The highest BCUT2D eigenvalue weighted by molar-refractivity contribution is 5.82. The number of aldehydes is 1. The number of aliphatic carboxylic acids is 1. The van der Waals surface area contributed by atoms with E-state index in [4.69, 9.17) is 10.8 Å². The Kier molecular flexibility index (Phi) is 7.19. The first-order valence-corrected chi connectivity index (χ1v) is 6.00. The monoisotopic (exact) mass is 258 g/mol. The van der Waals surface area contributed by atoms with Gasteiger partial charge in [-0.1, -0.05) is 13.8 Å². The number of unbranched alkanes of at least 4 members (excludes halogenated alkanes) is 1. The van der Waals surface area contributed by atoms with E-state index in [1.54, 1.807) is 13.8 Å². The van der Waals surface area contributed by atoms with Crippen LogP contribution in [0, 0.1) is 5.41 Å². The normalized spacial score (nSPS) is 12.8. The standard InChI is InChI=1S/C12H22N2O4/c1-12(2,7-9(13)8-15)11(18)14-6-4-3-5-10(16)17/h8-9H,3-7,13H2,1-2H3,(H,14,18)(H,16,17)/t9-/m0/s1. The second-order valence-corrected chi connectivity index (χ2v) is 4.99. The Labute approximate surface area is 107 Å². The van der Waals surface area contributed by atoms with Crippen molar-refractivity contribution in [3.05, 3.63) is 0 Å². The number of nitrogens with two attached hydrogens (primary N) is 1. The molecule has 0 fully saturated rings. The maximum absolute atomic E-state index is 11.8. The minimum Gasteiger partial charge on any atom is -0.481 e. The summed E-state index contributed by atoms with van der Waals surface area (Å²) in [4.78, 5) is 32.5. The number of carboxylic acids is 1. The van der Waals surface area contributed by atoms with E-state index < -0.39 is 17.4 Å². The minimum atomic E-state index is -0.835. The molecule has 1 atom stereocenters. The number of hydrogen-bond donors (Lipinski definition) is 3. The Bertz CT molecular complexity index is 302. The van der Waals surface area contributed by atoms with Gasteiger partial charge in [-0.25, -0.2) is 0 Å². The fourth-order valence-corrected chi connectivity index (χ4v) is 1.57. The molecule has 0 saturated carbocycles. The van der Waals surface area contributed by atoms with Crippen molar-refractivity contribution in [3.8, 4) is 0 Å². The molecule has 0 aliphatic carbocycles. The summed E-state index contributed by atoms with van der Waals surface area (Å²) in [5.74, 6) is -1.01. The van der Waals surface area contributed by atoms with Gasteiger partial charge in [0.25, 0.3) is 0 Å². The van der Waals surface area contributed by atoms with E-state index in [9.17, 15) is 14.4 Å². The van der Waals surface area contributed by atoms with Crippen molar-refractivity contribution in [2.75, 3.05) is 6.54 Å². The van der Waals surface area contributed by atoms with Crippen molar-refractivity contribution < 1.29 is 19.5 Å². The SMILES string of the molecule is CC(C)(C[C@H](N)C=O)C(=O)NCCCCC(=O)O. The molecule has 6 heteroatoms. The van der Waals surface area contributed by atoms with Crippen molar-refractivity contribution in [2.24, 2.45) is 11.1 Å². The molecule has 0 aliphatic rings. The van der Waals surface area contributed by atoms with Gasteiger partial charge in [0.2, 0.25) is 5.91 Å². The number of amides is 1. The number of carboxylic acid groups (broad SMARTS) is 1. The molecule has 0 heterocycles. The topological polar surface area (TPSA) is 109 Å². The summed E-state index contributed by atoms with van der Waals surface area (Å²) >= 11 is 0. The largest absolute Gasteiger partial charge is 0.481 e. The van der Waals surface area contributed by atoms with Crippen LogP contribution in [0.25, 0.3) is 0 Å². The van der Waals surface area contributed by atoms with Crippen LogP contribution in [-0.2, 0) is 14.4 Å². The molecule has 6 nitrogen and oxygen atoms in total. The lowest BCUT2D eigenvalue weighted by Crippen LogP contribution is -2.41. The van der Waals surface area contributed by atoms with Gasteiger partial charge >= 0.3 is 5.97 Å². The highest BCUT2D eigenvalue weighted by Gasteiger charge is 2.29. The number of carbonyl (C=O) groups is 3. The summed E-state index contributed by atoms with van der Waals surface area (Å²) in [6.45, 7) is 3.89. The highest BCUT2D eigenvalue weighted by Crippen LogP contribution is 2.21. The predicted molar refractivity (Wildman–Crippen MR) is 66.9 cm³/mol.